The Bertz CT molecular complexity index is 301. The number of carbonyl (C=O) groups is 1. The van der Waals surface area contributed by atoms with Crippen LogP contribution in [-0.2, 0) is 18.9 Å². The van der Waals surface area contributed by atoms with Crippen molar-refractivity contribution < 1.29 is 28.9 Å². The summed E-state index contributed by atoms with van der Waals surface area (Å²) in [6.45, 7) is 0. The summed E-state index contributed by atoms with van der Waals surface area (Å²) in [4.78, 5) is 24.4. The third-order valence-corrected chi connectivity index (χ3v) is 3.61. The smallest absolute Gasteiger partial charge is 0.368 e. The van der Waals surface area contributed by atoms with Crippen molar-refractivity contribution in [1.29, 1.82) is 0 Å². The van der Waals surface area contributed by atoms with Gasteiger partial charge in [-0.15, -0.1) is 4.67 Å². The van der Waals surface area contributed by atoms with Crippen molar-refractivity contribution in [2.75, 3.05) is 13.4 Å². The largest absolute Gasteiger partial charge is 0.480 e. The van der Waals surface area contributed by atoms with Crippen LogP contribution < -0.4 is 5.32 Å². The number of carboxylic acid groups (broad SMARTS) is 1. The van der Waals surface area contributed by atoms with E-state index in [9.17, 15) is 14.3 Å². The van der Waals surface area contributed by atoms with Gasteiger partial charge in [-0.25, -0.2) is 4.89 Å². The molecule has 8 heteroatoms. The topological polar surface area (TPSA) is 105 Å². The summed E-state index contributed by atoms with van der Waals surface area (Å²) in [5.74, 6) is -0.998. The average Bonchev–Trinajstić information content (AvgIpc) is 2.64. The molecule has 1 unspecified atom stereocenters. The van der Waals surface area contributed by atoms with Crippen LogP contribution >= 0.6 is 7.60 Å². The van der Waals surface area contributed by atoms with E-state index in [0.717, 1.165) is 20.0 Å². The van der Waals surface area contributed by atoms with Crippen molar-refractivity contribution in [3.8, 4) is 0 Å². The molecule has 94 valence electrons. The van der Waals surface area contributed by atoms with Gasteiger partial charge in [-0.05, 0) is 12.8 Å². The van der Waals surface area contributed by atoms with Gasteiger partial charge in [-0.3, -0.25) is 14.7 Å². The lowest BCUT2D eigenvalue weighted by Gasteiger charge is -2.26. The predicted octanol–water partition coefficient (Wildman–Crippen LogP) is 0.694. The van der Waals surface area contributed by atoms with E-state index < -0.39 is 25.4 Å². The Morgan fingerprint density at radius 1 is 1.50 bits per heavy atom. The molecule has 0 saturated heterocycles. The van der Waals surface area contributed by atoms with Gasteiger partial charge in [0.2, 0.25) is 0 Å². The van der Waals surface area contributed by atoms with Gasteiger partial charge in [0.1, 0.15) is 11.8 Å². The molecule has 0 radical (unpaired) electrons. The fraction of sp³-hybridized carbons (Fsp3) is 0.875. The fourth-order valence-electron chi connectivity index (χ4n) is 1.84. The lowest BCUT2D eigenvalue weighted by molar-refractivity contribution is -0.185. The maximum absolute atomic E-state index is 11.3. The molecule has 16 heavy (non-hydrogen) atoms. The molecule has 0 aliphatic heterocycles. The molecule has 0 bridgehead atoms. The van der Waals surface area contributed by atoms with Crippen LogP contribution in [0.15, 0.2) is 0 Å². The highest BCUT2D eigenvalue weighted by Crippen LogP contribution is 2.42. The first-order chi connectivity index (χ1) is 7.42. The minimum Gasteiger partial charge on any atom is -0.480 e. The first kappa shape index (κ1) is 13.6. The fourth-order valence-corrected chi connectivity index (χ4v) is 2.63. The van der Waals surface area contributed by atoms with Crippen molar-refractivity contribution in [2.45, 2.75) is 31.2 Å². The lowest BCUT2D eigenvalue weighted by atomic mass is 9.99. The predicted molar refractivity (Wildman–Crippen MR) is 54.8 cm³/mol. The number of nitrogens with one attached hydrogen (secondary N) is 1. The normalized spacial score (nSPS) is 22.9. The zero-order chi connectivity index (χ0) is 12.2. The van der Waals surface area contributed by atoms with E-state index in [1.165, 1.54) is 0 Å². The van der Waals surface area contributed by atoms with E-state index in [-0.39, 0.29) is 0 Å². The van der Waals surface area contributed by atoms with Crippen molar-refractivity contribution in [3.05, 3.63) is 0 Å². The van der Waals surface area contributed by atoms with Gasteiger partial charge in [0.05, 0.1) is 7.11 Å². The molecule has 1 aliphatic rings. The number of carboxylic acids is 1. The van der Waals surface area contributed by atoms with Crippen LogP contribution in [0.2, 0.25) is 0 Å². The Morgan fingerprint density at radius 3 is 2.50 bits per heavy atom. The Kier molecular flexibility index (Phi) is 4.46. The van der Waals surface area contributed by atoms with Gasteiger partial charge < -0.3 is 10.00 Å². The van der Waals surface area contributed by atoms with E-state index in [2.05, 4.69) is 14.9 Å². The van der Waals surface area contributed by atoms with Gasteiger partial charge >= 0.3 is 13.6 Å². The van der Waals surface area contributed by atoms with Crippen molar-refractivity contribution in [1.82, 2.24) is 5.32 Å². The molecule has 1 saturated carbocycles. The van der Waals surface area contributed by atoms with Crippen LogP contribution in [0.4, 0.5) is 0 Å². The molecule has 0 aromatic rings. The molecule has 0 spiro atoms. The highest BCUT2D eigenvalue weighted by molar-refractivity contribution is 7.52. The molecule has 0 aromatic carbocycles. The molecular formula is C8H16NO6P. The molecular weight excluding hydrogens is 237 g/mol. The van der Waals surface area contributed by atoms with E-state index in [0.29, 0.717) is 12.8 Å². The zero-order valence-corrected chi connectivity index (χ0v) is 9.90. The third-order valence-electron chi connectivity index (χ3n) is 2.67. The van der Waals surface area contributed by atoms with Crippen molar-refractivity contribution >= 4 is 13.6 Å². The summed E-state index contributed by atoms with van der Waals surface area (Å²) < 4.78 is 15.5. The van der Waals surface area contributed by atoms with E-state index in [4.69, 9.17) is 5.11 Å². The van der Waals surface area contributed by atoms with Gasteiger partial charge in [0.15, 0.2) is 0 Å². The minimum absolute atomic E-state index is 0.437. The monoisotopic (exact) mass is 253 g/mol. The van der Waals surface area contributed by atoms with Crippen molar-refractivity contribution in [2.24, 2.45) is 0 Å². The van der Waals surface area contributed by atoms with Crippen LogP contribution in [0.1, 0.15) is 25.7 Å². The Hall–Kier alpha value is -0.460. The van der Waals surface area contributed by atoms with Gasteiger partial charge in [-0.1, -0.05) is 12.8 Å². The molecule has 0 aromatic heterocycles. The van der Waals surface area contributed by atoms with Gasteiger partial charge in [0, 0.05) is 0 Å². The lowest BCUT2D eigenvalue weighted by Crippen LogP contribution is -2.50. The van der Waals surface area contributed by atoms with E-state index in [1.807, 2.05) is 0 Å². The second-order valence-corrected chi connectivity index (χ2v) is 5.55. The van der Waals surface area contributed by atoms with E-state index in [1.54, 1.807) is 0 Å². The standard InChI is InChI=1S/C8H16NO6P/c1-14-15-16(12,13)6-9-8(7(10)11)4-2-3-5-8/h9H,2-6H2,1H3,(H,10,11)(H,12,13). The summed E-state index contributed by atoms with van der Waals surface area (Å²) in [6.07, 6.45) is 2.05. The third kappa shape index (κ3) is 3.26. The summed E-state index contributed by atoms with van der Waals surface area (Å²) >= 11 is 0. The zero-order valence-electron chi connectivity index (χ0n) is 9.01. The van der Waals surface area contributed by atoms with Gasteiger partial charge in [0.25, 0.3) is 0 Å². The SMILES string of the molecule is COOP(=O)(O)CNC1(C(=O)O)CCCC1. The van der Waals surface area contributed by atoms with E-state index >= 15 is 0 Å². The maximum Gasteiger partial charge on any atom is 0.368 e. The average molecular weight is 253 g/mol. The second kappa shape index (κ2) is 5.25. The van der Waals surface area contributed by atoms with Crippen LogP contribution in [0.25, 0.3) is 0 Å². The molecule has 0 amide bonds. The highest BCUT2D eigenvalue weighted by Gasteiger charge is 2.42. The Morgan fingerprint density at radius 2 is 2.06 bits per heavy atom. The summed E-state index contributed by atoms with van der Waals surface area (Å²) in [5, 5.41) is 11.7. The Balaban J connectivity index is 2.58. The van der Waals surface area contributed by atoms with Crippen molar-refractivity contribution in [3.63, 3.8) is 0 Å². The molecule has 3 N–H and O–H groups in total. The first-order valence-electron chi connectivity index (χ1n) is 4.94. The second-order valence-electron chi connectivity index (χ2n) is 3.81. The number of hydrogen-bond acceptors (Lipinski definition) is 5. The van der Waals surface area contributed by atoms with Gasteiger partial charge in [-0.2, -0.15) is 0 Å². The molecule has 0 heterocycles. The molecule has 1 fully saturated rings. The molecule has 1 rings (SSSR count). The summed E-state index contributed by atoms with van der Waals surface area (Å²) in [7, 11) is -2.81. The highest BCUT2D eigenvalue weighted by atomic mass is 31.2. The summed E-state index contributed by atoms with van der Waals surface area (Å²) in [5.41, 5.74) is -1.10. The van der Waals surface area contributed by atoms with Crippen LogP contribution in [0, 0.1) is 0 Å². The van der Waals surface area contributed by atoms with Crippen LogP contribution in [0.5, 0.6) is 0 Å². The van der Waals surface area contributed by atoms with Crippen LogP contribution in [-0.4, -0.2) is 34.9 Å². The summed E-state index contributed by atoms with van der Waals surface area (Å²) in [6, 6.07) is 0. The molecule has 1 aliphatic carbocycles. The molecule has 7 nitrogen and oxygen atoms in total. The quantitative estimate of drug-likeness (QED) is 0.363. The minimum atomic E-state index is -3.92. The number of hydrogen-bond donors (Lipinski definition) is 3. The number of aliphatic carboxylic acids is 1. The number of rotatable bonds is 6. The first-order valence-corrected chi connectivity index (χ1v) is 6.71. The maximum atomic E-state index is 11.3. The Labute approximate surface area is 93.2 Å². The molecule has 1 atom stereocenters. The van der Waals surface area contributed by atoms with Crippen LogP contribution in [0.3, 0.4) is 0 Å².